The molecular weight excluding hydrogens is 616 g/mol. The second-order valence-electron chi connectivity index (χ2n) is 9.94. The van der Waals surface area contributed by atoms with Crippen molar-refractivity contribution in [2.75, 3.05) is 91.9 Å². The molecule has 1 amide bonds. The van der Waals surface area contributed by atoms with Crippen LogP contribution in [0.2, 0.25) is 0 Å². The second-order valence-corrected chi connectivity index (χ2v) is 12.9. The summed E-state index contributed by atoms with van der Waals surface area (Å²) in [6.45, 7) is 7.36. The van der Waals surface area contributed by atoms with Crippen LogP contribution in [0.1, 0.15) is 22.3 Å². The molecule has 1 aliphatic rings. The first-order valence-electron chi connectivity index (χ1n) is 13.9. The molecule has 0 N–H and O–H groups in total. The Morgan fingerprint density at radius 1 is 1.00 bits per heavy atom. The van der Waals surface area contributed by atoms with Crippen LogP contribution in [0.5, 0.6) is 5.75 Å². The largest absolute Gasteiger partial charge is 0.494 e. The molecule has 0 atom stereocenters. The van der Waals surface area contributed by atoms with E-state index in [9.17, 15) is 13.2 Å². The summed E-state index contributed by atoms with van der Waals surface area (Å²) in [5, 5.41) is 0.576. The van der Waals surface area contributed by atoms with Gasteiger partial charge in [0, 0.05) is 59.1 Å². The molecule has 238 valence electrons. The SMILES string of the molecule is COCCN(CCOC)S(=O)(=O)c1ccc(C(=O)N(CCCN2CCOCC2)c2nc3c(OC)ccc(C)c3s2)cc1.Cl. The molecule has 2 aromatic carbocycles. The van der Waals surface area contributed by atoms with Gasteiger partial charge in [-0.05, 0) is 49.2 Å². The first kappa shape index (κ1) is 35.1. The minimum absolute atomic E-state index is 0. The molecule has 0 unspecified atom stereocenters. The number of thiazole rings is 1. The number of nitrogens with zero attached hydrogens (tertiary/aromatic N) is 4. The third-order valence-electron chi connectivity index (χ3n) is 7.18. The monoisotopic (exact) mass is 656 g/mol. The lowest BCUT2D eigenvalue weighted by atomic mass is 10.2. The molecule has 14 heteroatoms. The number of fused-ring (bicyclic) bond motifs is 1. The smallest absolute Gasteiger partial charge is 0.260 e. The zero-order chi connectivity index (χ0) is 30.1. The fourth-order valence-electron chi connectivity index (χ4n) is 4.75. The van der Waals surface area contributed by atoms with Crippen LogP contribution in [0.3, 0.4) is 0 Å². The maximum absolute atomic E-state index is 14.0. The minimum atomic E-state index is -3.81. The third-order valence-corrected chi connectivity index (χ3v) is 10.3. The lowest BCUT2D eigenvalue weighted by molar-refractivity contribution is 0.0376. The van der Waals surface area contributed by atoms with Gasteiger partial charge in [-0.2, -0.15) is 4.31 Å². The summed E-state index contributed by atoms with van der Waals surface area (Å²) in [4.78, 5) is 22.9. The van der Waals surface area contributed by atoms with E-state index in [1.54, 1.807) is 24.1 Å². The standard InChI is InChI=1S/C29H40N4O7S2.ClH/c1-22-6-11-25(39-4)26-27(22)41-29(30-26)33(13-5-12-31-14-20-40-21-15-31)28(34)23-7-9-24(10-8-23)42(35,36)32(16-18-37-2)17-19-38-3;/h6-11H,5,12-21H2,1-4H3;1H. The van der Waals surface area contributed by atoms with E-state index < -0.39 is 10.0 Å². The molecule has 1 saturated heterocycles. The molecule has 0 radical (unpaired) electrons. The molecule has 0 aliphatic carbocycles. The molecule has 1 fully saturated rings. The number of methoxy groups -OCH3 is 3. The van der Waals surface area contributed by atoms with E-state index in [-0.39, 0.29) is 49.5 Å². The number of rotatable bonds is 15. The van der Waals surface area contributed by atoms with Crippen LogP contribution in [0, 0.1) is 6.92 Å². The van der Waals surface area contributed by atoms with Gasteiger partial charge in [0.1, 0.15) is 11.3 Å². The quantitative estimate of drug-likeness (QED) is 0.242. The molecule has 11 nitrogen and oxygen atoms in total. The molecule has 1 aliphatic heterocycles. The van der Waals surface area contributed by atoms with Gasteiger partial charge in [-0.1, -0.05) is 17.4 Å². The first-order chi connectivity index (χ1) is 20.3. The summed E-state index contributed by atoms with van der Waals surface area (Å²) >= 11 is 1.45. The normalized spacial score (nSPS) is 14.2. The molecule has 3 aromatic rings. The van der Waals surface area contributed by atoms with Crippen molar-refractivity contribution in [1.29, 1.82) is 0 Å². The number of carbonyl (C=O) groups is 1. The van der Waals surface area contributed by atoms with E-state index in [4.69, 9.17) is 23.9 Å². The summed E-state index contributed by atoms with van der Waals surface area (Å²) < 4.78 is 50.2. The number of anilines is 1. The van der Waals surface area contributed by atoms with Crippen molar-refractivity contribution < 1.29 is 32.2 Å². The fraction of sp³-hybridized carbons (Fsp3) is 0.517. The average molecular weight is 657 g/mol. The number of hydrogen-bond acceptors (Lipinski definition) is 10. The van der Waals surface area contributed by atoms with Crippen molar-refractivity contribution in [3.8, 4) is 5.75 Å². The number of sulfonamides is 1. The summed E-state index contributed by atoms with van der Waals surface area (Å²) in [6.07, 6.45) is 0.748. The molecular formula is C29H41ClN4O7S2. The topological polar surface area (TPSA) is 111 Å². The van der Waals surface area contributed by atoms with Crippen LogP contribution in [-0.2, 0) is 24.2 Å². The van der Waals surface area contributed by atoms with Gasteiger partial charge in [-0.25, -0.2) is 13.4 Å². The number of carbonyl (C=O) groups excluding carboxylic acids is 1. The number of benzene rings is 2. The van der Waals surface area contributed by atoms with Crippen molar-refractivity contribution in [1.82, 2.24) is 14.2 Å². The number of aryl methyl sites for hydroxylation is 1. The van der Waals surface area contributed by atoms with Gasteiger partial charge in [-0.3, -0.25) is 14.6 Å². The maximum atomic E-state index is 14.0. The van der Waals surface area contributed by atoms with Crippen LogP contribution in [0.15, 0.2) is 41.3 Å². The van der Waals surface area contributed by atoms with Crippen LogP contribution < -0.4 is 9.64 Å². The van der Waals surface area contributed by atoms with E-state index >= 15 is 0 Å². The predicted molar refractivity (Wildman–Crippen MR) is 171 cm³/mol. The number of morpholine rings is 1. The molecule has 0 spiro atoms. The Bertz CT molecular complexity index is 1420. The van der Waals surface area contributed by atoms with Gasteiger partial charge >= 0.3 is 0 Å². The summed E-state index contributed by atoms with van der Waals surface area (Å²) in [5.41, 5.74) is 2.15. The fourth-order valence-corrected chi connectivity index (χ4v) is 7.24. The van der Waals surface area contributed by atoms with E-state index in [0.717, 1.165) is 41.8 Å². The van der Waals surface area contributed by atoms with E-state index in [1.807, 2.05) is 19.1 Å². The molecule has 0 saturated carbocycles. The van der Waals surface area contributed by atoms with E-state index in [2.05, 4.69) is 4.90 Å². The zero-order valence-electron chi connectivity index (χ0n) is 25.1. The van der Waals surface area contributed by atoms with Crippen LogP contribution in [0.4, 0.5) is 5.13 Å². The highest BCUT2D eigenvalue weighted by molar-refractivity contribution is 7.89. The molecule has 4 rings (SSSR count). The van der Waals surface area contributed by atoms with E-state index in [1.165, 1.54) is 42.0 Å². The van der Waals surface area contributed by atoms with Gasteiger partial charge in [0.05, 0.1) is 43.1 Å². The molecule has 0 bridgehead atoms. The Balaban J connectivity index is 0.00000506. The van der Waals surface area contributed by atoms with Gasteiger partial charge in [0.25, 0.3) is 5.91 Å². The number of aromatic nitrogens is 1. The Morgan fingerprint density at radius 3 is 2.26 bits per heavy atom. The summed E-state index contributed by atoms with van der Waals surface area (Å²) in [6, 6.07) is 9.95. The van der Waals surface area contributed by atoms with Gasteiger partial charge < -0.3 is 18.9 Å². The Hall–Kier alpha value is -2.36. The zero-order valence-corrected chi connectivity index (χ0v) is 27.6. The van der Waals surface area contributed by atoms with Crippen LogP contribution >= 0.6 is 23.7 Å². The highest BCUT2D eigenvalue weighted by Crippen LogP contribution is 2.37. The van der Waals surface area contributed by atoms with Crippen molar-refractivity contribution in [2.24, 2.45) is 0 Å². The van der Waals surface area contributed by atoms with Crippen molar-refractivity contribution in [3.63, 3.8) is 0 Å². The van der Waals surface area contributed by atoms with Gasteiger partial charge in [0.15, 0.2) is 5.13 Å². The van der Waals surface area contributed by atoms with Crippen LogP contribution in [-0.4, -0.2) is 116 Å². The van der Waals surface area contributed by atoms with Crippen molar-refractivity contribution in [2.45, 2.75) is 18.2 Å². The Morgan fingerprint density at radius 2 is 1.65 bits per heavy atom. The minimum Gasteiger partial charge on any atom is -0.494 e. The number of ether oxygens (including phenoxy) is 4. The van der Waals surface area contributed by atoms with Gasteiger partial charge in [-0.15, -0.1) is 12.4 Å². The predicted octanol–water partition coefficient (Wildman–Crippen LogP) is 3.69. The lowest BCUT2D eigenvalue weighted by Crippen LogP contribution is -2.39. The molecule has 43 heavy (non-hydrogen) atoms. The molecule has 1 aromatic heterocycles. The number of halogens is 1. The third kappa shape index (κ3) is 8.64. The Labute approximate surface area is 264 Å². The van der Waals surface area contributed by atoms with Crippen LogP contribution in [0.25, 0.3) is 10.2 Å². The summed E-state index contributed by atoms with van der Waals surface area (Å²) in [7, 11) is 0.848. The Kier molecular flexibility index (Phi) is 13.6. The number of amides is 1. The lowest BCUT2D eigenvalue weighted by Gasteiger charge is -2.27. The number of hydrogen-bond donors (Lipinski definition) is 0. The van der Waals surface area contributed by atoms with Crippen molar-refractivity contribution in [3.05, 3.63) is 47.5 Å². The summed E-state index contributed by atoms with van der Waals surface area (Å²) in [5.74, 6) is 0.409. The highest BCUT2D eigenvalue weighted by atomic mass is 35.5. The highest BCUT2D eigenvalue weighted by Gasteiger charge is 2.27. The maximum Gasteiger partial charge on any atom is 0.260 e. The van der Waals surface area contributed by atoms with E-state index in [0.29, 0.717) is 36.2 Å². The first-order valence-corrected chi connectivity index (χ1v) is 16.2. The molecule has 2 heterocycles. The van der Waals surface area contributed by atoms with Gasteiger partial charge in [0.2, 0.25) is 10.0 Å². The average Bonchev–Trinajstić information content (AvgIpc) is 3.46. The van der Waals surface area contributed by atoms with Crippen molar-refractivity contribution >= 4 is 55.0 Å². The second kappa shape index (κ2) is 16.6.